The fourth-order valence-corrected chi connectivity index (χ4v) is 1.74. The van der Waals surface area contributed by atoms with Crippen molar-refractivity contribution in [1.82, 2.24) is 4.57 Å². The Bertz CT molecular complexity index is 345. The second-order valence-electron chi connectivity index (χ2n) is 4.06. The molecule has 0 aliphatic carbocycles. The molecule has 1 aromatic heterocycles. The molecule has 0 amide bonds. The molecular weight excluding hydrogens is 204 g/mol. The summed E-state index contributed by atoms with van der Waals surface area (Å²) < 4.78 is 4.31. The molecule has 0 atom stereocenters. The maximum Gasteiger partial charge on any atom is 0.253 e. The Labute approximate surface area is 96.5 Å². The first kappa shape index (κ1) is 12.7. The number of aryl methyl sites for hydroxylation is 2. The van der Waals surface area contributed by atoms with E-state index >= 15 is 0 Å². The number of carboxylic acids is 1. The summed E-state index contributed by atoms with van der Waals surface area (Å²) in [6, 6.07) is 0. The third-order valence-corrected chi connectivity index (χ3v) is 2.79. The van der Waals surface area contributed by atoms with E-state index in [9.17, 15) is 9.90 Å². The zero-order valence-electron chi connectivity index (χ0n) is 10.1. The van der Waals surface area contributed by atoms with Gasteiger partial charge in [0.05, 0.1) is 13.1 Å². The number of hydrogen-bond donors (Lipinski definition) is 0. The van der Waals surface area contributed by atoms with Crippen LogP contribution >= 0.6 is 0 Å². The fourth-order valence-electron chi connectivity index (χ4n) is 1.74. The van der Waals surface area contributed by atoms with Crippen LogP contribution in [-0.2, 0) is 17.9 Å². The van der Waals surface area contributed by atoms with Gasteiger partial charge in [0.1, 0.15) is 12.4 Å². The molecule has 1 aromatic rings. The van der Waals surface area contributed by atoms with Crippen molar-refractivity contribution in [3.8, 4) is 0 Å². The number of carboxylic acid groups (broad SMARTS) is 1. The number of aliphatic carboxylic acids is 1. The highest BCUT2D eigenvalue weighted by Gasteiger charge is 2.10. The topological polar surface area (TPSA) is 48.9 Å². The van der Waals surface area contributed by atoms with Gasteiger partial charge in [0.15, 0.2) is 0 Å². The maximum atomic E-state index is 10.3. The summed E-state index contributed by atoms with van der Waals surface area (Å²) in [4.78, 5) is 10.3. The van der Waals surface area contributed by atoms with Crippen LogP contribution in [0.15, 0.2) is 12.4 Å². The van der Waals surface area contributed by atoms with Gasteiger partial charge < -0.3 is 9.90 Å². The number of nitrogens with zero attached hydrogens (tertiary/aromatic N) is 2. The van der Waals surface area contributed by atoms with E-state index in [-0.39, 0.29) is 6.42 Å². The normalized spacial score (nSPS) is 10.6. The number of carbonyl (C=O) groups is 1. The first-order chi connectivity index (χ1) is 7.65. The summed E-state index contributed by atoms with van der Waals surface area (Å²) in [5, 5.41) is 10.3. The van der Waals surface area contributed by atoms with E-state index in [0.29, 0.717) is 6.42 Å². The monoisotopic (exact) mass is 224 g/mol. The lowest BCUT2D eigenvalue weighted by atomic mass is 10.3. The van der Waals surface area contributed by atoms with E-state index in [1.54, 1.807) is 0 Å². The third-order valence-electron chi connectivity index (χ3n) is 2.79. The summed E-state index contributed by atoms with van der Waals surface area (Å²) >= 11 is 0. The molecule has 1 rings (SSSR count). The van der Waals surface area contributed by atoms with Crippen LogP contribution in [0.5, 0.6) is 0 Å². The summed E-state index contributed by atoms with van der Waals surface area (Å²) in [5.41, 5.74) is 0. The molecule has 0 radical (unpaired) electrons. The molecule has 0 fully saturated rings. The number of imidazole rings is 1. The predicted octanol–water partition coefficient (Wildman–Crippen LogP) is 0.414. The minimum atomic E-state index is -0.969. The van der Waals surface area contributed by atoms with Crippen molar-refractivity contribution in [2.45, 2.75) is 52.6 Å². The van der Waals surface area contributed by atoms with Crippen molar-refractivity contribution < 1.29 is 14.5 Å². The van der Waals surface area contributed by atoms with Crippen molar-refractivity contribution >= 4 is 5.97 Å². The van der Waals surface area contributed by atoms with Gasteiger partial charge in [-0.1, -0.05) is 13.3 Å². The van der Waals surface area contributed by atoms with Crippen molar-refractivity contribution in [3.63, 3.8) is 0 Å². The number of unbranched alkanes of at least 4 members (excludes halogenated alkanes) is 1. The molecule has 0 bridgehead atoms. The van der Waals surface area contributed by atoms with Crippen LogP contribution in [-0.4, -0.2) is 10.5 Å². The molecule has 0 unspecified atom stereocenters. The fraction of sp³-hybridized carbons (Fsp3) is 0.667. The molecule has 0 aliphatic heterocycles. The Morgan fingerprint density at radius 3 is 2.88 bits per heavy atom. The smallest absolute Gasteiger partial charge is 0.253 e. The van der Waals surface area contributed by atoms with Gasteiger partial charge in [0, 0.05) is 12.9 Å². The average molecular weight is 224 g/mol. The molecule has 4 heteroatoms. The zero-order valence-corrected chi connectivity index (χ0v) is 10.1. The minimum Gasteiger partial charge on any atom is -0.550 e. The van der Waals surface area contributed by atoms with Gasteiger partial charge in [-0.25, -0.2) is 9.13 Å². The average Bonchev–Trinajstić information content (AvgIpc) is 2.57. The number of carbonyl (C=O) groups excluding carboxylic acids is 1. The molecule has 0 spiro atoms. The summed E-state index contributed by atoms with van der Waals surface area (Å²) in [6.45, 7) is 6.02. The van der Waals surface area contributed by atoms with Gasteiger partial charge in [0.25, 0.3) is 5.82 Å². The molecule has 0 saturated heterocycles. The maximum absolute atomic E-state index is 10.3. The summed E-state index contributed by atoms with van der Waals surface area (Å²) in [5.74, 6) is 0.218. The van der Waals surface area contributed by atoms with Crippen molar-refractivity contribution in [2.24, 2.45) is 0 Å². The third kappa shape index (κ3) is 3.68. The highest BCUT2D eigenvalue weighted by molar-refractivity contribution is 5.63. The first-order valence-corrected chi connectivity index (χ1v) is 5.90. The van der Waals surface area contributed by atoms with E-state index in [2.05, 4.69) is 29.2 Å². The Kier molecular flexibility index (Phi) is 5.02. The van der Waals surface area contributed by atoms with Crippen molar-refractivity contribution in [3.05, 3.63) is 18.2 Å². The minimum absolute atomic E-state index is 0.132. The lowest BCUT2D eigenvalue weighted by molar-refractivity contribution is -0.702. The Morgan fingerprint density at radius 2 is 2.25 bits per heavy atom. The van der Waals surface area contributed by atoms with E-state index < -0.39 is 5.97 Å². The van der Waals surface area contributed by atoms with E-state index in [4.69, 9.17) is 0 Å². The van der Waals surface area contributed by atoms with E-state index in [0.717, 1.165) is 13.1 Å². The quantitative estimate of drug-likeness (QED) is 0.630. The summed E-state index contributed by atoms with van der Waals surface area (Å²) in [7, 11) is 0. The van der Waals surface area contributed by atoms with E-state index in [1.165, 1.54) is 18.7 Å². The zero-order chi connectivity index (χ0) is 12.0. The number of hydrogen-bond acceptors (Lipinski definition) is 2. The Hall–Kier alpha value is -1.32. The molecule has 0 aliphatic rings. The van der Waals surface area contributed by atoms with Crippen LogP contribution in [0.3, 0.4) is 0 Å². The van der Waals surface area contributed by atoms with Crippen LogP contribution in [0.1, 0.15) is 38.4 Å². The van der Waals surface area contributed by atoms with Crippen LogP contribution < -0.4 is 9.67 Å². The Morgan fingerprint density at radius 1 is 1.50 bits per heavy atom. The summed E-state index contributed by atoms with van der Waals surface area (Å²) in [6.07, 6.45) is 7.19. The first-order valence-electron chi connectivity index (χ1n) is 5.90. The standard InChI is InChI=1S/C12H20N2O2/c1-3-4-7-13-9-10-14(11(13)2)8-5-6-12(15)16/h9-10H,3-8H2,1-2H3. The van der Waals surface area contributed by atoms with Crippen molar-refractivity contribution in [1.29, 1.82) is 0 Å². The lowest BCUT2D eigenvalue weighted by Gasteiger charge is -2.02. The second-order valence-corrected chi connectivity index (χ2v) is 4.06. The van der Waals surface area contributed by atoms with Crippen LogP contribution in [0.25, 0.3) is 0 Å². The molecule has 0 aromatic carbocycles. The number of rotatable bonds is 7. The van der Waals surface area contributed by atoms with Gasteiger partial charge in [0.2, 0.25) is 0 Å². The number of aromatic nitrogens is 2. The predicted molar refractivity (Wildman–Crippen MR) is 58.5 cm³/mol. The van der Waals surface area contributed by atoms with Crippen LogP contribution in [0.2, 0.25) is 0 Å². The Balaban J connectivity index is 2.48. The molecule has 90 valence electrons. The van der Waals surface area contributed by atoms with E-state index in [1.807, 2.05) is 6.20 Å². The van der Waals surface area contributed by atoms with Gasteiger partial charge in [-0.2, -0.15) is 0 Å². The van der Waals surface area contributed by atoms with Gasteiger partial charge in [-0.15, -0.1) is 0 Å². The van der Waals surface area contributed by atoms with Gasteiger partial charge in [-0.3, -0.25) is 0 Å². The second kappa shape index (κ2) is 6.30. The van der Waals surface area contributed by atoms with Gasteiger partial charge in [-0.05, 0) is 19.3 Å². The van der Waals surface area contributed by atoms with Crippen LogP contribution in [0, 0.1) is 6.92 Å². The molecule has 0 saturated carbocycles. The molecule has 0 N–H and O–H groups in total. The molecule has 16 heavy (non-hydrogen) atoms. The SMILES string of the molecule is CCCCn1cc[n+](CCCC(=O)[O-])c1C. The molecule has 1 heterocycles. The van der Waals surface area contributed by atoms with Crippen LogP contribution in [0.4, 0.5) is 0 Å². The highest BCUT2D eigenvalue weighted by atomic mass is 16.4. The van der Waals surface area contributed by atoms with Crippen molar-refractivity contribution in [2.75, 3.05) is 0 Å². The molecule has 4 nitrogen and oxygen atoms in total. The largest absolute Gasteiger partial charge is 0.550 e. The molecular formula is C12H20N2O2. The lowest BCUT2D eigenvalue weighted by Crippen LogP contribution is -2.36. The van der Waals surface area contributed by atoms with Gasteiger partial charge >= 0.3 is 0 Å². The highest BCUT2D eigenvalue weighted by Crippen LogP contribution is 1.99.